The van der Waals surface area contributed by atoms with Gasteiger partial charge in [0.2, 0.25) is 0 Å². The quantitative estimate of drug-likeness (QED) is 0.872. The highest BCUT2D eigenvalue weighted by atomic mass is 16.5. The predicted molar refractivity (Wildman–Crippen MR) is 67.1 cm³/mol. The molecule has 1 aliphatic heterocycles. The zero-order chi connectivity index (χ0) is 12.6. The van der Waals surface area contributed by atoms with Crippen molar-refractivity contribution in [3.63, 3.8) is 0 Å². The number of fused-ring (bicyclic) bond motifs is 2. The summed E-state index contributed by atoms with van der Waals surface area (Å²) < 4.78 is 6.06. The fourth-order valence-electron chi connectivity index (χ4n) is 3.39. The monoisotopic (exact) mass is 246 g/mol. The maximum absolute atomic E-state index is 10.7. The molecular formula is C15H18O3. The average molecular weight is 246 g/mol. The van der Waals surface area contributed by atoms with Crippen LogP contribution < -0.4 is 0 Å². The second-order valence-electron chi connectivity index (χ2n) is 5.48. The van der Waals surface area contributed by atoms with Gasteiger partial charge in [-0.2, -0.15) is 0 Å². The maximum Gasteiger partial charge on any atom is 0.303 e. The van der Waals surface area contributed by atoms with Crippen molar-refractivity contribution in [1.29, 1.82) is 0 Å². The number of carbonyl (C=O) groups is 1. The van der Waals surface area contributed by atoms with Crippen molar-refractivity contribution in [2.45, 2.75) is 44.3 Å². The third-order valence-electron chi connectivity index (χ3n) is 4.39. The summed E-state index contributed by atoms with van der Waals surface area (Å²) in [6.07, 6.45) is 4.14. The van der Waals surface area contributed by atoms with Gasteiger partial charge in [-0.25, -0.2) is 0 Å². The number of carboxylic acids is 1. The van der Waals surface area contributed by atoms with E-state index in [9.17, 15) is 4.79 Å². The van der Waals surface area contributed by atoms with Gasteiger partial charge in [0.05, 0.1) is 12.2 Å². The van der Waals surface area contributed by atoms with E-state index in [4.69, 9.17) is 9.84 Å². The van der Waals surface area contributed by atoms with Crippen molar-refractivity contribution in [3.05, 3.63) is 35.4 Å². The summed E-state index contributed by atoms with van der Waals surface area (Å²) in [5.41, 5.74) is 2.51. The van der Waals surface area contributed by atoms with Gasteiger partial charge in [0, 0.05) is 6.42 Å². The largest absolute Gasteiger partial charge is 0.481 e. The Bertz CT molecular complexity index is 459. The minimum atomic E-state index is -0.677. The van der Waals surface area contributed by atoms with E-state index in [1.54, 1.807) is 0 Å². The molecule has 0 amide bonds. The molecule has 1 N–H and O–H groups in total. The normalized spacial score (nSPS) is 30.3. The molecule has 3 rings (SSSR count). The highest BCUT2D eigenvalue weighted by Crippen LogP contribution is 2.48. The molecule has 1 spiro atoms. The minimum absolute atomic E-state index is 0.119. The lowest BCUT2D eigenvalue weighted by molar-refractivity contribution is -0.139. The van der Waals surface area contributed by atoms with Crippen LogP contribution in [0.3, 0.4) is 0 Å². The predicted octanol–water partition coefficient (Wildman–Crippen LogP) is 3.08. The molecule has 3 heteroatoms. The van der Waals surface area contributed by atoms with Crippen LogP contribution in [0.25, 0.3) is 0 Å². The van der Waals surface area contributed by atoms with Gasteiger partial charge in [0.1, 0.15) is 0 Å². The van der Waals surface area contributed by atoms with E-state index in [0.29, 0.717) is 18.9 Å². The zero-order valence-corrected chi connectivity index (χ0v) is 10.4. The molecule has 0 atom stereocenters. The third-order valence-corrected chi connectivity index (χ3v) is 4.39. The standard InChI is InChI=1S/C15H18O3/c16-14(17)9-11-5-7-15(8-6-11)13-4-2-1-3-12(13)10-18-15/h1-4,11H,5-10H2,(H,16,17)/t11-,15+. The van der Waals surface area contributed by atoms with Crippen LogP contribution in [0.15, 0.2) is 24.3 Å². The van der Waals surface area contributed by atoms with Gasteiger partial charge >= 0.3 is 5.97 Å². The summed E-state index contributed by atoms with van der Waals surface area (Å²) in [7, 11) is 0. The molecule has 0 radical (unpaired) electrons. The second kappa shape index (κ2) is 4.39. The Hall–Kier alpha value is -1.35. The van der Waals surface area contributed by atoms with Crippen molar-refractivity contribution in [1.82, 2.24) is 0 Å². The summed E-state index contributed by atoms with van der Waals surface area (Å²) >= 11 is 0. The van der Waals surface area contributed by atoms with Crippen LogP contribution in [-0.4, -0.2) is 11.1 Å². The van der Waals surface area contributed by atoms with E-state index < -0.39 is 5.97 Å². The first kappa shape index (κ1) is 11.7. The molecule has 96 valence electrons. The minimum Gasteiger partial charge on any atom is -0.481 e. The summed E-state index contributed by atoms with van der Waals surface area (Å²) in [5.74, 6) is -0.354. The number of carboxylic acid groups (broad SMARTS) is 1. The van der Waals surface area contributed by atoms with Crippen LogP contribution in [0.5, 0.6) is 0 Å². The first-order chi connectivity index (χ1) is 8.70. The van der Waals surface area contributed by atoms with E-state index in [1.807, 2.05) is 0 Å². The third kappa shape index (κ3) is 1.93. The van der Waals surface area contributed by atoms with Gasteiger partial charge in [-0.05, 0) is 42.7 Å². The Morgan fingerprint density at radius 2 is 2.06 bits per heavy atom. The molecular weight excluding hydrogens is 228 g/mol. The summed E-state index contributed by atoms with van der Waals surface area (Å²) in [4.78, 5) is 10.7. The Morgan fingerprint density at radius 3 is 2.78 bits per heavy atom. The smallest absolute Gasteiger partial charge is 0.303 e. The van der Waals surface area contributed by atoms with Crippen LogP contribution >= 0.6 is 0 Å². The topological polar surface area (TPSA) is 46.5 Å². The Kier molecular flexibility index (Phi) is 2.86. The van der Waals surface area contributed by atoms with E-state index in [0.717, 1.165) is 25.7 Å². The molecule has 1 aromatic rings. The van der Waals surface area contributed by atoms with Crippen molar-refractivity contribution >= 4 is 5.97 Å². The Morgan fingerprint density at radius 1 is 1.33 bits per heavy atom. The van der Waals surface area contributed by atoms with E-state index >= 15 is 0 Å². The fraction of sp³-hybridized carbons (Fsp3) is 0.533. The number of benzene rings is 1. The van der Waals surface area contributed by atoms with Crippen LogP contribution in [-0.2, 0) is 21.7 Å². The molecule has 18 heavy (non-hydrogen) atoms. The summed E-state index contributed by atoms with van der Waals surface area (Å²) in [6, 6.07) is 8.42. The molecule has 1 saturated carbocycles. The van der Waals surface area contributed by atoms with Crippen molar-refractivity contribution in [2.75, 3.05) is 0 Å². The number of rotatable bonds is 2. The molecule has 1 fully saturated rings. The van der Waals surface area contributed by atoms with Crippen LogP contribution in [0, 0.1) is 5.92 Å². The van der Waals surface area contributed by atoms with Gasteiger partial charge in [-0.3, -0.25) is 4.79 Å². The lowest BCUT2D eigenvalue weighted by Gasteiger charge is -2.36. The first-order valence-electron chi connectivity index (χ1n) is 6.64. The summed E-state index contributed by atoms with van der Waals surface area (Å²) in [5, 5.41) is 8.85. The van der Waals surface area contributed by atoms with Crippen LogP contribution in [0.4, 0.5) is 0 Å². The van der Waals surface area contributed by atoms with Crippen molar-refractivity contribution in [2.24, 2.45) is 5.92 Å². The molecule has 1 heterocycles. The van der Waals surface area contributed by atoms with E-state index in [2.05, 4.69) is 24.3 Å². The number of ether oxygens (including phenoxy) is 1. The van der Waals surface area contributed by atoms with Crippen LogP contribution in [0.1, 0.15) is 43.2 Å². The van der Waals surface area contributed by atoms with E-state index in [1.165, 1.54) is 11.1 Å². The van der Waals surface area contributed by atoms with Crippen molar-refractivity contribution in [3.8, 4) is 0 Å². The summed E-state index contributed by atoms with van der Waals surface area (Å²) in [6.45, 7) is 0.708. The van der Waals surface area contributed by atoms with Crippen LogP contribution in [0.2, 0.25) is 0 Å². The SMILES string of the molecule is O=C(O)C[C@H]1CC[C@]2(CC1)OCc1ccccc12. The number of hydrogen-bond donors (Lipinski definition) is 1. The fourth-order valence-corrected chi connectivity index (χ4v) is 3.39. The molecule has 2 aliphatic rings. The number of aliphatic carboxylic acids is 1. The molecule has 0 saturated heterocycles. The van der Waals surface area contributed by atoms with Gasteiger partial charge in [-0.1, -0.05) is 24.3 Å². The molecule has 1 aliphatic carbocycles. The second-order valence-corrected chi connectivity index (χ2v) is 5.48. The van der Waals surface area contributed by atoms with Gasteiger partial charge in [-0.15, -0.1) is 0 Å². The molecule has 0 bridgehead atoms. The van der Waals surface area contributed by atoms with Gasteiger partial charge < -0.3 is 9.84 Å². The Labute approximate surface area is 107 Å². The molecule has 0 aromatic heterocycles. The zero-order valence-electron chi connectivity index (χ0n) is 10.4. The highest BCUT2D eigenvalue weighted by Gasteiger charge is 2.42. The number of hydrogen-bond acceptors (Lipinski definition) is 2. The lowest BCUT2D eigenvalue weighted by Crippen LogP contribution is -2.31. The average Bonchev–Trinajstić information content (AvgIpc) is 2.72. The maximum atomic E-state index is 10.7. The highest BCUT2D eigenvalue weighted by molar-refractivity contribution is 5.67. The molecule has 3 nitrogen and oxygen atoms in total. The van der Waals surface area contributed by atoms with E-state index in [-0.39, 0.29) is 5.60 Å². The van der Waals surface area contributed by atoms with Crippen molar-refractivity contribution < 1.29 is 14.6 Å². The first-order valence-corrected chi connectivity index (χ1v) is 6.64. The van der Waals surface area contributed by atoms with Gasteiger partial charge in [0.25, 0.3) is 0 Å². The van der Waals surface area contributed by atoms with Gasteiger partial charge in [0.15, 0.2) is 0 Å². The Balaban J connectivity index is 1.75. The molecule has 1 aromatic carbocycles. The molecule has 0 unspecified atom stereocenters. The lowest BCUT2D eigenvalue weighted by atomic mass is 9.74.